The fourth-order valence-electron chi connectivity index (χ4n) is 1.68. The standard InChI is InChI=1S/C12H12N6O/c1-8(13)11-16-10(9-4-2-7-19-9)17-18(11)12-14-5-3-6-15-12/h2-8H,13H2,1H3. The highest BCUT2D eigenvalue weighted by atomic mass is 16.3. The van der Waals surface area contributed by atoms with Crippen LogP contribution in [0.4, 0.5) is 0 Å². The van der Waals surface area contributed by atoms with E-state index in [9.17, 15) is 0 Å². The van der Waals surface area contributed by atoms with Crippen molar-refractivity contribution in [1.82, 2.24) is 24.7 Å². The Labute approximate surface area is 109 Å². The molecule has 3 rings (SSSR count). The molecular formula is C12H12N6O. The van der Waals surface area contributed by atoms with Gasteiger partial charge in [0.05, 0.1) is 12.3 Å². The molecule has 0 aromatic carbocycles. The van der Waals surface area contributed by atoms with Gasteiger partial charge in [0.25, 0.3) is 5.95 Å². The van der Waals surface area contributed by atoms with Gasteiger partial charge in [0.15, 0.2) is 11.6 Å². The molecule has 2 N–H and O–H groups in total. The molecule has 3 aromatic heterocycles. The molecule has 96 valence electrons. The molecular weight excluding hydrogens is 244 g/mol. The van der Waals surface area contributed by atoms with Crippen molar-refractivity contribution in [2.24, 2.45) is 5.73 Å². The van der Waals surface area contributed by atoms with Crippen LogP contribution in [-0.2, 0) is 0 Å². The molecule has 0 spiro atoms. The van der Waals surface area contributed by atoms with Gasteiger partial charge in [-0.25, -0.2) is 15.0 Å². The van der Waals surface area contributed by atoms with Crippen molar-refractivity contribution in [3.05, 3.63) is 42.7 Å². The first-order chi connectivity index (χ1) is 9.25. The SMILES string of the molecule is CC(N)c1nc(-c2ccco2)nn1-c1ncccn1. The Morgan fingerprint density at radius 2 is 2.05 bits per heavy atom. The van der Waals surface area contributed by atoms with Crippen molar-refractivity contribution in [3.63, 3.8) is 0 Å². The minimum absolute atomic E-state index is 0.292. The normalized spacial score (nSPS) is 12.5. The fourth-order valence-corrected chi connectivity index (χ4v) is 1.68. The molecule has 0 bridgehead atoms. The maximum atomic E-state index is 5.91. The van der Waals surface area contributed by atoms with Crippen molar-refractivity contribution in [2.75, 3.05) is 0 Å². The summed E-state index contributed by atoms with van der Waals surface area (Å²) in [7, 11) is 0. The molecule has 0 saturated heterocycles. The lowest BCUT2D eigenvalue weighted by Crippen LogP contribution is -2.14. The van der Waals surface area contributed by atoms with Crippen LogP contribution in [0.3, 0.4) is 0 Å². The predicted molar refractivity (Wildman–Crippen MR) is 67.3 cm³/mol. The van der Waals surface area contributed by atoms with E-state index in [1.54, 1.807) is 36.9 Å². The highest BCUT2D eigenvalue weighted by molar-refractivity contribution is 5.46. The van der Waals surface area contributed by atoms with E-state index < -0.39 is 0 Å². The maximum absolute atomic E-state index is 5.91. The number of rotatable bonds is 3. The topological polar surface area (TPSA) is 95.7 Å². The van der Waals surface area contributed by atoms with Gasteiger partial charge in [-0.1, -0.05) is 0 Å². The van der Waals surface area contributed by atoms with Crippen LogP contribution >= 0.6 is 0 Å². The molecule has 0 aliphatic carbocycles. The third-order valence-electron chi connectivity index (χ3n) is 2.52. The number of furan rings is 1. The van der Waals surface area contributed by atoms with Gasteiger partial charge in [0.2, 0.25) is 5.82 Å². The Morgan fingerprint density at radius 3 is 2.68 bits per heavy atom. The van der Waals surface area contributed by atoms with E-state index >= 15 is 0 Å². The molecule has 0 saturated carbocycles. The number of hydrogen-bond donors (Lipinski definition) is 1. The number of hydrogen-bond acceptors (Lipinski definition) is 6. The summed E-state index contributed by atoms with van der Waals surface area (Å²) in [5.74, 6) is 2.05. The van der Waals surface area contributed by atoms with Crippen LogP contribution in [0.25, 0.3) is 17.5 Å². The first-order valence-corrected chi connectivity index (χ1v) is 5.79. The molecule has 1 unspecified atom stereocenters. The van der Waals surface area contributed by atoms with Crippen molar-refractivity contribution >= 4 is 0 Å². The Hall–Kier alpha value is -2.54. The molecule has 0 radical (unpaired) electrons. The van der Waals surface area contributed by atoms with E-state index in [-0.39, 0.29) is 6.04 Å². The number of nitrogens with zero attached hydrogens (tertiary/aromatic N) is 5. The minimum atomic E-state index is -0.292. The highest BCUT2D eigenvalue weighted by Gasteiger charge is 2.18. The molecule has 0 aliphatic heterocycles. The average Bonchev–Trinajstić information content (AvgIpc) is 3.08. The van der Waals surface area contributed by atoms with Crippen molar-refractivity contribution in [3.8, 4) is 17.5 Å². The maximum Gasteiger partial charge on any atom is 0.252 e. The van der Waals surface area contributed by atoms with Crippen LogP contribution in [0.2, 0.25) is 0 Å². The molecule has 3 heterocycles. The molecule has 3 aromatic rings. The van der Waals surface area contributed by atoms with Gasteiger partial charge in [0.1, 0.15) is 0 Å². The quantitative estimate of drug-likeness (QED) is 0.759. The molecule has 7 nitrogen and oxygen atoms in total. The van der Waals surface area contributed by atoms with Gasteiger partial charge in [-0.3, -0.25) is 0 Å². The van der Waals surface area contributed by atoms with Crippen molar-refractivity contribution in [1.29, 1.82) is 0 Å². The van der Waals surface area contributed by atoms with Crippen LogP contribution in [0.5, 0.6) is 0 Å². The Kier molecular flexibility index (Phi) is 2.81. The van der Waals surface area contributed by atoms with Crippen LogP contribution in [0, 0.1) is 0 Å². The van der Waals surface area contributed by atoms with Crippen LogP contribution in [0.1, 0.15) is 18.8 Å². The molecule has 7 heteroatoms. The lowest BCUT2D eigenvalue weighted by molar-refractivity contribution is 0.576. The van der Waals surface area contributed by atoms with Crippen LogP contribution < -0.4 is 5.73 Å². The summed E-state index contributed by atoms with van der Waals surface area (Å²) in [5, 5.41) is 4.35. The Morgan fingerprint density at radius 1 is 1.26 bits per heavy atom. The largest absolute Gasteiger partial charge is 0.461 e. The lowest BCUT2D eigenvalue weighted by Gasteiger charge is -2.05. The van der Waals surface area contributed by atoms with Crippen molar-refractivity contribution in [2.45, 2.75) is 13.0 Å². The van der Waals surface area contributed by atoms with E-state index in [0.717, 1.165) is 0 Å². The van der Waals surface area contributed by atoms with Crippen LogP contribution in [-0.4, -0.2) is 24.7 Å². The van der Waals surface area contributed by atoms with E-state index in [4.69, 9.17) is 10.2 Å². The van der Waals surface area contributed by atoms with Crippen molar-refractivity contribution < 1.29 is 4.42 Å². The van der Waals surface area contributed by atoms with Gasteiger partial charge in [-0.15, -0.1) is 5.10 Å². The van der Waals surface area contributed by atoms with Gasteiger partial charge in [0, 0.05) is 12.4 Å². The summed E-state index contributed by atoms with van der Waals surface area (Å²) in [6.45, 7) is 1.83. The first kappa shape index (κ1) is 11.5. The van der Waals surface area contributed by atoms with Gasteiger partial charge >= 0.3 is 0 Å². The van der Waals surface area contributed by atoms with Gasteiger partial charge in [-0.2, -0.15) is 4.68 Å². The van der Waals surface area contributed by atoms with E-state index in [1.807, 2.05) is 6.92 Å². The highest BCUT2D eigenvalue weighted by Crippen LogP contribution is 2.19. The molecule has 0 aliphatic rings. The number of nitrogens with two attached hydrogens (primary N) is 1. The summed E-state index contributed by atoms with van der Waals surface area (Å²) < 4.78 is 6.81. The third-order valence-corrected chi connectivity index (χ3v) is 2.52. The lowest BCUT2D eigenvalue weighted by atomic mass is 10.3. The number of aromatic nitrogens is 5. The summed E-state index contributed by atoms with van der Waals surface area (Å²) in [6.07, 6.45) is 4.85. The minimum Gasteiger partial charge on any atom is -0.461 e. The molecule has 1 atom stereocenters. The second kappa shape index (κ2) is 4.62. The van der Waals surface area contributed by atoms with E-state index in [0.29, 0.717) is 23.4 Å². The summed E-state index contributed by atoms with van der Waals surface area (Å²) in [6, 6.07) is 5.01. The molecule has 19 heavy (non-hydrogen) atoms. The summed E-state index contributed by atoms with van der Waals surface area (Å²) in [5.41, 5.74) is 5.91. The summed E-state index contributed by atoms with van der Waals surface area (Å²) in [4.78, 5) is 12.7. The molecule has 0 fully saturated rings. The predicted octanol–water partition coefficient (Wildman–Crippen LogP) is 1.34. The zero-order valence-corrected chi connectivity index (χ0v) is 10.3. The van der Waals surface area contributed by atoms with Crippen LogP contribution in [0.15, 0.2) is 41.3 Å². The zero-order valence-electron chi connectivity index (χ0n) is 10.3. The monoisotopic (exact) mass is 256 g/mol. The fraction of sp³-hybridized carbons (Fsp3) is 0.167. The van der Waals surface area contributed by atoms with Gasteiger partial charge < -0.3 is 10.2 Å². The second-order valence-corrected chi connectivity index (χ2v) is 4.02. The average molecular weight is 256 g/mol. The van der Waals surface area contributed by atoms with E-state index in [2.05, 4.69) is 20.1 Å². The third kappa shape index (κ3) is 2.11. The Balaban J connectivity index is 2.13. The molecule has 0 amide bonds. The smallest absolute Gasteiger partial charge is 0.252 e. The summed E-state index contributed by atoms with van der Waals surface area (Å²) >= 11 is 0. The first-order valence-electron chi connectivity index (χ1n) is 5.79. The zero-order chi connectivity index (χ0) is 13.2. The van der Waals surface area contributed by atoms with Gasteiger partial charge in [-0.05, 0) is 25.1 Å². The van der Waals surface area contributed by atoms with E-state index in [1.165, 1.54) is 4.68 Å². The Bertz CT molecular complexity index is 659. The second-order valence-electron chi connectivity index (χ2n) is 4.02.